The second-order valence-corrected chi connectivity index (χ2v) is 8.74. The van der Waals surface area contributed by atoms with Crippen LogP contribution in [0.2, 0.25) is 5.02 Å². The highest BCUT2D eigenvalue weighted by Crippen LogP contribution is 2.32. The van der Waals surface area contributed by atoms with Crippen molar-refractivity contribution in [1.82, 2.24) is 19.9 Å². The molecule has 0 spiro atoms. The highest BCUT2D eigenvalue weighted by atomic mass is 35.5. The molecule has 1 N–H and O–H groups in total. The number of halogens is 1. The number of hydrogen-bond donors (Lipinski definition) is 1. The van der Waals surface area contributed by atoms with Crippen LogP contribution in [0.15, 0.2) is 24.4 Å². The summed E-state index contributed by atoms with van der Waals surface area (Å²) in [6, 6.07) is 6.30. The number of fused-ring (bicyclic) bond motifs is 2. The third-order valence-electron chi connectivity index (χ3n) is 6.29. The molecule has 3 saturated heterocycles. The number of aromatic nitrogens is 4. The smallest absolute Gasteiger partial charge is 0.296 e. The predicted octanol–water partition coefficient (Wildman–Crippen LogP) is 3.60. The molecule has 0 radical (unpaired) electrons. The first-order chi connectivity index (χ1) is 15.2. The Labute approximate surface area is 184 Å². The predicted molar refractivity (Wildman–Crippen MR) is 117 cm³/mol. The number of H-pyrrole nitrogens is 1. The maximum Gasteiger partial charge on any atom is 0.296 e. The second-order valence-electron chi connectivity index (χ2n) is 8.34. The van der Waals surface area contributed by atoms with E-state index in [1.165, 1.54) is 19.3 Å². The van der Waals surface area contributed by atoms with Crippen LogP contribution in [0.25, 0.3) is 22.4 Å². The van der Waals surface area contributed by atoms with Gasteiger partial charge in [-0.1, -0.05) is 11.6 Å². The topological polar surface area (TPSA) is 85.4 Å². The minimum atomic E-state index is -0.172. The molecule has 9 heteroatoms. The number of piperidine rings is 1. The van der Waals surface area contributed by atoms with E-state index in [1.807, 2.05) is 24.4 Å². The molecule has 0 aliphatic carbocycles. The number of nitrogens with zero attached hydrogens (tertiary/aromatic N) is 4. The van der Waals surface area contributed by atoms with Crippen LogP contribution in [0.1, 0.15) is 25.7 Å². The highest BCUT2D eigenvalue weighted by Gasteiger charge is 2.43. The van der Waals surface area contributed by atoms with Crippen LogP contribution in [0.3, 0.4) is 0 Å². The average Bonchev–Trinajstić information content (AvgIpc) is 3.51. The van der Waals surface area contributed by atoms with Crippen LogP contribution in [0.5, 0.6) is 6.01 Å². The van der Waals surface area contributed by atoms with Crippen LogP contribution >= 0.6 is 11.6 Å². The summed E-state index contributed by atoms with van der Waals surface area (Å²) in [5.74, 6) is 1.00. The zero-order valence-corrected chi connectivity index (χ0v) is 17.8. The lowest BCUT2D eigenvalue weighted by atomic mass is 10.1. The highest BCUT2D eigenvalue weighted by molar-refractivity contribution is 6.33. The number of imidazole rings is 1. The zero-order chi connectivity index (χ0) is 20.8. The standard InChI is InChI=1S/C22H24ClN5O3/c23-14-10-15-21(27-22(25-15)31-17-12-30-16-6-9-29-20(16)17)26-19(14)13-4-5-18(24-11-13)28-7-2-1-3-8-28/h4-5,10-11,16-17,20H,1-3,6-9,12H2,(H,25,26,27). The van der Waals surface area contributed by atoms with Crippen molar-refractivity contribution in [2.24, 2.45) is 0 Å². The number of nitrogens with one attached hydrogen (secondary N) is 1. The monoisotopic (exact) mass is 441 g/mol. The Morgan fingerprint density at radius 2 is 2.03 bits per heavy atom. The molecule has 3 aliphatic heterocycles. The Morgan fingerprint density at radius 3 is 2.87 bits per heavy atom. The first-order valence-electron chi connectivity index (χ1n) is 10.9. The van der Waals surface area contributed by atoms with E-state index in [0.29, 0.717) is 35.6 Å². The average molecular weight is 442 g/mol. The number of anilines is 1. The summed E-state index contributed by atoms with van der Waals surface area (Å²) in [6.07, 6.45) is 6.39. The largest absolute Gasteiger partial charge is 0.456 e. The minimum absolute atomic E-state index is 0.0372. The van der Waals surface area contributed by atoms with E-state index in [9.17, 15) is 0 Å². The summed E-state index contributed by atoms with van der Waals surface area (Å²) in [6.45, 7) is 3.33. The molecule has 31 heavy (non-hydrogen) atoms. The van der Waals surface area contributed by atoms with E-state index in [0.717, 1.165) is 36.4 Å². The number of aromatic amines is 1. The molecule has 3 aromatic rings. The summed E-state index contributed by atoms with van der Waals surface area (Å²) in [4.78, 5) is 19.3. The van der Waals surface area contributed by atoms with E-state index in [4.69, 9.17) is 25.8 Å². The Kier molecular flexibility index (Phi) is 4.93. The van der Waals surface area contributed by atoms with Gasteiger partial charge in [-0.2, -0.15) is 4.98 Å². The third-order valence-corrected chi connectivity index (χ3v) is 6.58. The van der Waals surface area contributed by atoms with Crippen molar-refractivity contribution in [2.75, 3.05) is 31.2 Å². The number of ether oxygens (including phenoxy) is 3. The SMILES string of the molecule is Clc1cc2[nH]c(OC3COC4CCOC43)nc2nc1-c1ccc(N2CCCCC2)nc1. The van der Waals surface area contributed by atoms with Gasteiger partial charge in [0.25, 0.3) is 6.01 Å². The normalized spacial score (nSPS) is 25.8. The molecule has 3 aromatic heterocycles. The number of hydrogen-bond acceptors (Lipinski definition) is 7. The van der Waals surface area contributed by atoms with Gasteiger partial charge in [0.15, 0.2) is 11.8 Å². The number of rotatable bonds is 4. The molecule has 3 fully saturated rings. The molecule has 162 valence electrons. The quantitative estimate of drug-likeness (QED) is 0.662. The first kappa shape index (κ1) is 19.3. The molecule has 0 amide bonds. The summed E-state index contributed by atoms with van der Waals surface area (Å²) in [5, 5.41) is 0.540. The first-order valence-corrected chi connectivity index (χ1v) is 11.3. The summed E-state index contributed by atoms with van der Waals surface area (Å²) < 4.78 is 17.5. The van der Waals surface area contributed by atoms with Gasteiger partial charge in [-0.3, -0.25) is 0 Å². The van der Waals surface area contributed by atoms with Gasteiger partial charge in [-0.25, -0.2) is 9.97 Å². The van der Waals surface area contributed by atoms with E-state index in [1.54, 1.807) is 0 Å². The van der Waals surface area contributed by atoms with Gasteiger partial charge in [0, 0.05) is 31.5 Å². The van der Waals surface area contributed by atoms with Gasteiger partial charge in [0.1, 0.15) is 11.9 Å². The van der Waals surface area contributed by atoms with Crippen LogP contribution in [-0.2, 0) is 9.47 Å². The van der Waals surface area contributed by atoms with E-state index in [2.05, 4.69) is 24.8 Å². The van der Waals surface area contributed by atoms with E-state index in [-0.39, 0.29) is 18.3 Å². The Bertz CT molecular complexity index is 1080. The fraction of sp³-hybridized carbons (Fsp3) is 0.500. The fourth-order valence-corrected chi connectivity index (χ4v) is 4.93. The molecule has 6 rings (SSSR count). The van der Waals surface area contributed by atoms with E-state index < -0.39 is 0 Å². The van der Waals surface area contributed by atoms with E-state index >= 15 is 0 Å². The zero-order valence-electron chi connectivity index (χ0n) is 17.1. The van der Waals surface area contributed by atoms with Crippen molar-refractivity contribution in [3.05, 3.63) is 29.4 Å². The molecule has 0 bridgehead atoms. The lowest BCUT2D eigenvalue weighted by molar-refractivity contribution is 0.0273. The number of pyridine rings is 2. The summed E-state index contributed by atoms with van der Waals surface area (Å²) >= 11 is 6.55. The van der Waals surface area contributed by atoms with Crippen molar-refractivity contribution in [2.45, 2.75) is 44.0 Å². The van der Waals surface area contributed by atoms with Crippen molar-refractivity contribution >= 4 is 28.6 Å². The van der Waals surface area contributed by atoms with Crippen LogP contribution in [-0.4, -0.2) is 64.6 Å². The van der Waals surface area contributed by atoms with Crippen molar-refractivity contribution < 1.29 is 14.2 Å². The molecule has 6 heterocycles. The fourth-order valence-electron chi connectivity index (χ4n) is 4.66. The molecular weight excluding hydrogens is 418 g/mol. The Hall–Kier alpha value is -2.42. The second kappa shape index (κ2) is 7.93. The van der Waals surface area contributed by atoms with Crippen molar-refractivity contribution in [1.29, 1.82) is 0 Å². The molecule has 0 saturated carbocycles. The van der Waals surface area contributed by atoms with Gasteiger partial charge < -0.3 is 24.1 Å². The summed E-state index contributed by atoms with van der Waals surface area (Å²) in [5.41, 5.74) is 2.81. The maximum absolute atomic E-state index is 6.55. The van der Waals surface area contributed by atoms with Gasteiger partial charge in [0.2, 0.25) is 0 Å². The lowest BCUT2D eigenvalue weighted by Crippen LogP contribution is -2.32. The molecule has 3 aliphatic rings. The van der Waals surface area contributed by atoms with Crippen LogP contribution in [0.4, 0.5) is 5.82 Å². The van der Waals surface area contributed by atoms with Crippen LogP contribution in [0, 0.1) is 0 Å². The molecular formula is C22H24ClN5O3. The maximum atomic E-state index is 6.55. The van der Waals surface area contributed by atoms with Crippen molar-refractivity contribution in [3.8, 4) is 17.3 Å². The molecule has 0 aromatic carbocycles. The molecule has 3 unspecified atom stereocenters. The van der Waals surface area contributed by atoms with Crippen LogP contribution < -0.4 is 9.64 Å². The Balaban J connectivity index is 1.24. The van der Waals surface area contributed by atoms with Gasteiger partial charge in [-0.05, 0) is 43.9 Å². The lowest BCUT2D eigenvalue weighted by Gasteiger charge is -2.27. The third kappa shape index (κ3) is 3.62. The van der Waals surface area contributed by atoms with Gasteiger partial charge >= 0.3 is 0 Å². The van der Waals surface area contributed by atoms with Gasteiger partial charge in [-0.15, -0.1) is 0 Å². The summed E-state index contributed by atoms with van der Waals surface area (Å²) in [7, 11) is 0. The van der Waals surface area contributed by atoms with Gasteiger partial charge in [0.05, 0.1) is 28.9 Å². The minimum Gasteiger partial charge on any atom is -0.456 e. The molecule has 8 nitrogen and oxygen atoms in total. The Morgan fingerprint density at radius 1 is 1.13 bits per heavy atom. The molecule has 3 atom stereocenters. The van der Waals surface area contributed by atoms with Crippen molar-refractivity contribution in [3.63, 3.8) is 0 Å².